The molecule has 4 heterocycles. The van der Waals surface area contributed by atoms with E-state index in [0.717, 1.165) is 50.4 Å². The van der Waals surface area contributed by atoms with Crippen molar-refractivity contribution >= 4 is 40.1 Å². The number of pyridine rings is 1. The monoisotopic (exact) mass is 669 g/mol. The Morgan fingerprint density at radius 3 is 2.09 bits per heavy atom. The molecular weight excluding hydrogens is 632 g/mol. The number of aromatic nitrogens is 3. The van der Waals surface area contributed by atoms with Crippen LogP contribution in [0, 0.1) is 6.92 Å². The predicted molar refractivity (Wildman–Crippen MR) is 157 cm³/mol. The number of hydrogen-bond acceptors (Lipinski definition) is 8. The molecule has 3 aromatic rings. The Bertz CT molecular complexity index is 1380. The molecule has 0 amide bonds. The van der Waals surface area contributed by atoms with Crippen LogP contribution in [-0.4, -0.2) is 94.3 Å². The van der Waals surface area contributed by atoms with Gasteiger partial charge in [-0.05, 0) is 64.9 Å². The van der Waals surface area contributed by atoms with Gasteiger partial charge in [-0.2, -0.15) is 26.3 Å². The van der Waals surface area contributed by atoms with E-state index in [0.29, 0.717) is 18.6 Å². The number of alkyl halides is 6. The second kappa shape index (κ2) is 16.2. The molecule has 3 aromatic heterocycles. The first-order valence-corrected chi connectivity index (χ1v) is 14.6. The Balaban J connectivity index is 0.000000421. The summed E-state index contributed by atoms with van der Waals surface area (Å²) in [5.74, 6) is -4.05. The molecule has 0 aliphatic carbocycles. The van der Waals surface area contributed by atoms with Crippen LogP contribution < -0.4 is 4.90 Å². The number of imidazole rings is 1. The third-order valence-corrected chi connectivity index (χ3v) is 7.76. The molecule has 0 aromatic carbocycles. The SMILES string of the molecule is COCCN(C)c1nc(C2CCN(Cc3ccc(C)s3)CC2)cc2c1ncn2C(C)C.O=C(O)C(F)(F)F.O=C(O)C(F)(F)F. The highest BCUT2D eigenvalue weighted by atomic mass is 32.1. The smallest absolute Gasteiger partial charge is 0.475 e. The van der Waals surface area contributed by atoms with Crippen LogP contribution in [0.15, 0.2) is 24.5 Å². The number of likely N-dealkylation sites (tertiary alicyclic amines) is 1. The van der Waals surface area contributed by atoms with Crippen molar-refractivity contribution in [2.24, 2.45) is 0 Å². The van der Waals surface area contributed by atoms with Crippen LogP contribution in [0.4, 0.5) is 32.2 Å². The lowest BCUT2D eigenvalue weighted by Crippen LogP contribution is -2.32. The number of likely N-dealkylation sites (N-methyl/N-ethyl adjacent to an activating group) is 1. The number of aliphatic carboxylic acids is 2. The summed E-state index contributed by atoms with van der Waals surface area (Å²) < 4.78 is 71.0. The van der Waals surface area contributed by atoms with Gasteiger partial charge in [0.15, 0.2) is 5.82 Å². The van der Waals surface area contributed by atoms with Gasteiger partial charge in [0.1, 0.15) is 5.52 Å². The van der Waals surface area contributed by atoms with E-state index in [2.05, 4.69) is 60.4 Å². The summed E-state index contributed by atoms with van der Waals surface area (Å²) >= 11 is 1.92. The highest BCUT2D eigenvalue weighted by Crippen LogP contribution is 2.34. The summed E-state index contributed by atoms with van der Waals surface area (Å²) in [7, 11) is 3.83. The number of thiophene rings is 1. The van der Waals surface area contributed by atoms with E-state index in [4.69, 9.17) is 34.5 Å². The minimum absolute atomic E-state index is 0.369. The minimum atomic E-state index is -5.08. The molecule has 0 unspecified atom stereocenters. The maximum absolute atomic E-state index is 10.6. The molecule has 4 rings (SSSR count). The van der Waals surface area contributed by atoms with Crippen molar-refractivity contribution < 1.29 is 50.9 Å². The van der Waals surface area contributed by atoms with Crippen LogP contribution in [0.5, 0.6) is 0 Å². The van der Waals surface area contributed by atoms with Crippen molar-refractivity contribution in [1.29, 1.82) is 0 Å². The van der Waals surface area contributed by atoms with E-state index < -0.39 is 24.3 Å². The Morgan fingerprint density at radius 2 is 1.64 bits per heavy atom. The number of anilines is 1. The van der Waals surface area contributed by atoms with Gasteiger partial charge in [0.2, 0.25) is 0 Å². The summed E-state index contributed by atoms with van der Waals surface area (Å²) in [6.45, 7) is 11.4. The quantitative estimate of drug-likeness (QED) is 0.274. The van der Waals surface area contributed by atoms with Gasteiger partial charge in [0, 0.05) is 54.7 Å². The number of methoxy groups -OCH3 is 1. The summed E-state index contributed by atoms with van der Waals surface area (Å²) in [5.41, 5.74) is 3.39. The number of piperidine rings is 1. The van der Waals surface area contributed by atoms with Crippen LogP contribution in [0.25, 0.3) is 11.0 Å². The zero-order chi connectivity index (χ0) is 34.1. The van der Waals surface area contributed by atoms with Gasteiger partial charge in [-0.1, -0.05) is 0 Å². The fourth-order valence-corrected chi connectivity index (χ4v) is 5.36. The van der Waals surface area contributed by atoms with Crippen molar-refractivity contribution in [3.63, 3.8) is 0 Å². The Labute approximate surface area is 260 Å². The maximum atomic E-state index is 10.6. The second-order valence-electron chi connectivity index (χ2n) is 10.6. The van der Waals surface area contributed by atoms with Gasteiger partial charge >= 0.3 is 24.3 Å². The number of fused-ring (bicyclic) bond motifs is 1. The van der Waals surface area contributed by atoms with Crippen LogP contribution in [-0.2, 0) is 20.9 Å². The van der Waals surface area contributed by atoms with E-state index in [1.54, 1.807) is 7.11 Å². The Hall–Kier alpha value is -3.44. The molecule has 252 valence electrons. The van der Waals surface area contributed by atoms with Gasteiger partial charge in [-0.3, -0.25) is 4.90 Å². The highest BCUT2D eigenvalue weighted by Gasteiger charge is 2.39. The lowest BCUT2D eigenvalue weighted by Gasteiger charge is -2.32. The molecule has 10 nitrogen and oxygen atoms in total. The third-order valence-electron chi connectivity index (χ3n) is 6.78. The third kappa shape index (κ3) is 11.5. The van der Waals surface area contributed by atoms with Gasteiger partial charge in [-0.25, -0.2) is 19.6 Å². The number of carbonyl (C=O) groups is 2. The average molecular weight is 670 g/mol. The molecule has 1 saturated heterocycles. The molecule has 1 aliphatic heterocycles. The zero-order valence-electron chi connectivity index (χ0n) is 25.4. The van der Waals surface area contributed by atoms with Crippen molar-refractivity contribution in [3.05, 3.63) is 40.0 Å². The van der Waals surface area contributed by atoms with Crippen LogP contribution in [0.1, 0.15) is 54.1 Å². The molecule has 17 heteroatoms. The fraction of sp³-hybridized carbons (Fsp3) is 0.571. The van der Waals surface area contributed by atoms with E-state index in [1.807, 2.05) is 17.7 Å². The maximum Gasteiger partial charge on any atom is 0.490 e. The fourth-order valence-electron chi connectivity index (χ4n) is 4.43. The van der Waals surface area contributed by atoms with Crippen LogP contribution in [0.3, 0.4) is 0 Å². The van der Waals surface area contributed by atoms with Crippen molar-refractivity contribution in [1.82, 2.24) is 19.4 Å². The summed E-state index contributed by atoms with van der Waals surface area (Å²) in [4.78, 5) is 35.3. The Kier molecular flexibility index (Phi) is 13.6. The summed E-state index contributed by atoms with van der Waals surface area (Å²) in [6, 6.07) is 7.16. The number of rotatable bonds is 8. The lowest BCUT2D eigenvalue weighted by molar-refractivity contribution is -0.193. The van der Waals surface area contributed by atoms with E-state index in [-0.39, 0.29) is 0 Å². The topological polar surface area (TPSA) is 121 Å². The van der Waals surface area contributed by atoms with Gasteiger partial charge < -0.3 is 24.4 Å². The van der Waals surface area contributed by atoms with Gasteiger partial charge in [0.25, 0.3) is 0 Å². The molecule has 1 fully saturated rings. The number of halogens is 6. The minimum Gasteiger partial charge on any atom is -0.475 e. The Morgan fingerprint density at radius 1 is 1.09 bits per heavy atom. The number of nitrogens with zero attached hydrogens (tertiary/aromatic N) is 5. The molecule has 0 radical (unpaired) electrons. The number of carboxylic acids is 2. The molecule has 0 spiro atoms. The zero-order valence-corrected chi connectivity index (χ0v) is 26.3. The van der Waals surface area contributed by atoms with Crippen LogP contribution in [0.2, 0.25) is 0 Å². The summed E-state index contributed by atoms with van der Waals surface area (Å²) in [5, 5.41) is 14.2. The van der Waals surface area contributed by atoms with Crippen molar-refractivity contribution in [2.75, 3.05) is 45.3 Å². The van der Waals surface area contributed by atoms with Gasteiger partial charge in [-0.15, -0.1) is 11.3 Å². The predicted octanol–water partition coefficient (Wildman–Crippen LogP) is 6.11. The van der Waals surface area contributed by atoms with E-state index >= 15 is 0 Å². The molecule has 45 heavy (non-hydrogen) atoms. The molecule has 0 saturated carbocycles. The van der Waals surface area contributed by atoms with Gasteiger partial charge in [0.05, 0.1) is 18.5 Å². The average Bonchev–Trinajstić information content (AvgIpc) is 3.57. The largest absolute Gasteiger partial charge is 0.490 e. The van der Waals surface area contributed by atoms with Crippen molar-refractivity contribution in [2.45, 2.75) is 64.5 Å². The van der Waals surface area contributed by atoms with E-state index in [9.17, 15) is 26.3 Å². The lowest BCUT2D eigenvalue weighted by atomic mass is 9.92. The first kappa shape index (κ1) is 37.7. The summed E-state index contributed by atoms with van der Waals surface area (Å²) in [6.07, 6.45) is -5.90. The molecule has 1 aliphatic rings. The molecule has 0 atom stereocenters. The first-order valence-electron chi connectivity index (χ1n) is 13.8. The molecular formula is C28H37F6N5O5S. The van der Waals surface area contributed by atoms with E-state index in [1.165, 1.54) is 21.0 Å². The number of carboxylic acid groups (broad SMARTS) is 2. The second-order valence-corrected chi connectivity index (χ2v) is 11.9. The highest BCUT2D eigenvalue weighted by molar-refractivity contribution is 7.11. The standard InChI is InChI=1S/C24H35N5OS.2C2HF3O2/c1-17(2)29-16-25-23-22(29)14-21(26-24(23)27(4)12-13-30-5)19-8-10-28(11-9-19)15-20-7-6-18(3)31-20;2*3-2(4,5)1(6)7/h6-7,14,16-17,19H,8-13,15H2,1-5H3;2*(H,6,7). The first-order chi connectivity index (χ1) is 20.8. The number of ether oxygens (including phenoxy) is 1. The molecule has 0 bridgehead atoms. The number of hydrogen-bond donors (Lipinski definition) is 2. The normalized spacial score (nSPS) is 14.5. The van der Waals surface area contributed by atoms with Crippen LogP contribution >= 0.6 is 11.3 Å². The number of aryl methyl sites for hydroxylation is 1. The van der Waals surface area contributed by atoms with Crippen molar-refractivity contribution in [3.8, 4) is 0 Å². The molecule has 2 N–H and O–H groups in total.